The molecule has 0 saturated carbocycles. The zero-order chi connectivity index (χ0) is 12.8. The van der Waals surface area contributed by atoms with E-state index in [0.29, 0.717) is 5.69 Å². The molecule has 1 aromatic carbocycles. The molecule has 0 heterocycles. The molecule has 0 unspecified atom stereocenters. The number of benzene rings is 1. The van der Waals surface area contributed by atoms with Crippen molar-refractivity contribution in [2.75, 3.05) is 18.4 Å². The number of hydrogen-bond donors (Lipinski definition) is 2. The van der Waals surface area contributed by atoms with Crippen LogP contribution in [0.15, 0.2) is 24.3 Å². The molecule has 1 aromatic rings. The number of rotatable bonds is 4. The second-order valence-corrected chi connectivity index (χ2v) is 3.34. The normalized spacial score (nSPS) is 9.76. The van der Waals surface area contributed by atoms with Gasteiger partial charge in [0, 0.05) is 12.2 Å². The van der Waals surface area contributed by atoms with Crippen molar-refractivity contribution in [3.63, 3.8) is 0 Å². The number of carboxylic acids is 1. The van der Waals surface area contributed by atoms with Crippen molar-refractivity contribution in [1.29, 1.82) is 0 Å². The van der Waals surface area contributed by atoms with Gasteiger partial charge in [-0.15, -0.1) is 0 Å². The number of carbonyl (C=O) groups excluding carboxylic acids is 1. The van der Waals surface area contributed by atoms with Gasteiger partial charge >= 0.3 is 12.0 Å². The van der Waals surface area contributed by atoms with Gasteiger partial charge in [-0.25, -0.2) is 9.18 Å². The molecule has 0 fully saturated rings. The lowest BCUT2D eigenvalue weighted by atomic mass is 10.3. The third kappa shape index (κ3) is 4.10. The van der Waals surface area contributed by atoms with E-state index in [1.54, 1.807) is 6.92 Å². The number of likely N-dealkylation sites (N-methyl/N-ethyl adjacent to an activating group) is 1. The van der Waals surface area contributed by atoms with Crippen molar-refractivity contribution >= 4 is 17.7 Å². The molecule has 0 saturated heterocycles. The number of carboxylic acid groups (broad SMARTS) is 1. The van der Waals surface area contributed by atoms with E-state index >= 15 is 0 Å². The number of urea groups is 1. The van der Waals surface area contributed by atoms with Crippen molar-refractivity contribution in [2.45, 2.75) is 6.92 Å². The zero-order valence-electron chi connectivity index (χ0n) is 9.31. The smallest absolute Gasteiger partial charge is 0.323 e. The minimum absolute atomic E-state index is 0.277. The molecular formula is C11H13FN2O3. The number of anilines is 1. The van der Waals surface area contributed by atoms with Crippen LogP contribution >= 0.6 is 0 Å². The minimum atomic E-state index is -1.08. The fourth-order valence-electron chi connectivity index (χ4n) is 1.23. The third-order valence-electron chi connectivity index (χ3n) is 2.09. The van der Waals surface area contributed by atoms with Crippen LogP contribution in [0.1, 0.15) is 6.92 Å². The summed E-state index contributed by atoms with van der Waals surface area (Å²) in [6.45, 7) is 1.58. The average Bonchev–Trinajstić information content (AvgIpc) is 2.28. The first-order valence-corrected chi connectivity index (χ1v) is 5.06. The number of hydrogen-bond acceptors (Lipinski definition) is 2. The predicted octanol–water partition coefficient (Wildman–Crippen LogP) is 1.76. The quantitative estimate of drug-likeness (QED) is 0.842. The van der Waals surface area contributed by atoms with Gasteiger partial charge in [0.25, 0.3) is 0 Å². The second-order valence-electron chi connectivity index (χ2n) is 3.34. The molecule has 17 heavy (non-hydrogen) atoms. The Morgan fingerprint density at radius 2 is 1.94 bits per heavy atom. The maximum absolute atomic E-state index is 12.6. The summed E-state index contributed by atoms with van der Waals surface area (Å²) in [7, 11) is 0. The topological polar surface area (TPSA) is 69.6 Å². The van der Waals surface area contributed by atoms with Crippen LogP contribution in [-0.2, 0) is 4.79 Å². The van der Waals surface area contributed by atoms with Crippen molar-refractivity contribution in [3.05, 3.63) is 30.1 Å². The fraction of sp³-hybridized carbons (Fsp3) is 0.273. The van der Waals surface area contributed by atoms with Gasteiger partial charge in [-0.1, -0.05) is 0 Å². The predicted molar refractivity (Wildman–Crippen MR) is 60.3 cm³/mol. The first-order valence-electron chi connectivity index (χ1n) is 5.06. The number of halogens is 1. The number of nitrogens with one attached hydrogen (secondary N) is 1. The Morgan fingerprint density at radius 1 is 1.35 bits per heavy atom. The van der Waals surface area contributed by atoms with Crippen LogP contribution in [0.25, 0.3) is 0 Å². The fourth-order valence-corrected chi connectivity index (χ4v) is 1.23. The Balaban J connectivity index is 2.63. The highest BCUT2D eigenvalue weighted by Crippen LogP contribution is 2.09. The largest absolute Gasteiger partial charge is 0.480 e. The van der Waals surface area contributed by atoms with E-state index in [4.69, 9.17) is 5.11 Å². The molecule has 0 aromatic heterocycles. The summed E-state index contributed by atoms with van der Waals surface area (Å²) in [5.74, 6) is -1.48. The lowest BCUT2D eigenvalue weighted by Gasteiger charge is -2.19. The van der Waals surface area contributed by atoms with E-state index in [0.717, 1.165) is 4.90 Å². The monoisotopic (exact) mass is 240 g/mol. The molecule has 0 radical (unpaired) electrons. The summed E-state index contributed by atoms with van der Waals surface area (Å²) in [6.07, 6.45) is 0. The molecule has 0 atom stereocenters. The van der Waals surface area contributed by atoms with Crippen LogP contribution < -0.4 is 5.32 Å². The number of amides is 2. The summed E-state index contributed by atoms with van der Waals surface area (Å²) in [6, 6.07) is 4.71. The molecule has 6 heteroatoms. The van der Waals surface area contributed by atoms with Crippen LogP contribution in [0.3, 0.4) is 0 Å². The molecule has 0 aliphatic heterocycles. The maximum atomic E-state index is 12.6. The Kier molecular flexibility index (Phi) is 4.45. The molecular weight excluding hydrogens is 227 g/mol. The lowest BCUT2D eigenvalue weighted by molar-refractivity contribution is -0.137. The first-order chi connectivity index (χ1) is 8.02. The summed E-state index contributed by atoms with van der Waals surface area (Å²) < 4.78 is 12.6. The summed E-state index contributed by atoms with van der Waals surface area (Å²) >= 11 is 0. The number of carbonyl (C=O) groups is 2. The molecule has 92 valence electrons. The molecule has 2 N–H and O–H groups in total. The Labute approximate surface area is 97.8 Å². The van der Waals surface area contributed by atoms with Crippen LogP contribution in [-0.4, -0.2) is 35.1 Å². The third-order valence-corrected chi connectivity index (χ3v) is 2.09. The molecule has 0 spiro atoms. The van der Waals surface area contributed by atoms with Crippen molar-refractivity contribution in [2.24, 2.45) is 0 Å². The SMILES string of the molecule is CCN(CC(=O)O)C(=O)Nc1ccc(F)cc1. The van der Waals surface area contributed by atoms with Gasteiger partial charge in [0.05, 0.1) is 0 Å². The van der Waals surface area contributed by atoms with Crippen LogP contribution in [0, 0.1) is 5.82 Å². The van der Waals surface area contributed by atoms with Gasteiger partial charge in [0.15, 0.2) is 0 Å². The highest BCUT2D eigenvalue weighted by molar-refractivity contribution is 5.91. The van der Waals surface area contributed by atoms with Crippen molar-refractivity contribution < 1.29 is 19.1 Å². The van der Waals surface area contributed by atoms with E-state index in [-0.39, 0.29) is 13.1 Å². The van der Waals surface area contributed by atoms with Gasteiger partial charge in [0.1, 0.15) is 12.4 Å². The van der Waals surface area contributed by atoms with Gasteiger partial charge in [-0.05, 0) is 31.2 Å². The Hall–Kier alpha value is -2.11. The van der Waals surface area contributed by atoms with Crippen LogP contribution in [0.4, 0.5) is 14.9 Å². The molecule has 1 rings (SSSR count). The molecule has 2 amide bonds. The average molecular weight is 240 g/mol. The van der Waals surface area contributed by atoms with E-state index in [9.17, 15) is 14.0 Å². The van der Waals surface area contributed by atoms with E-state index in [2.05, 4.69) is 5.32 Å². The van der Waals surface area contributed by atoms with Crippen molar-refractivity contribution in [3.8, 4) is 0 Å². The lowest BCUT2D eigenvalue weighted by Crippen LogP contribution is -2.38. The van der Waals surface area contributed by atoms with E-state index in [1.165, 1.54) is 24.3 Å². The maximum Gasteiger partial charge on any atom is 0.323 e. The number of aliphatic carboxylic acids is 1. The summed E-state index contributed by atoms with van der Waals surface area (Å²) in [5, 5.41) is 11.1. The van der Waals surface area contributed by atoms with Gasteiger partial charge < -0.3 is 15.3 Å². The summed E-state index contributed by atoms with van der Waals surface area (Å²) in [4.78, 5) is 23.3. The molecule has 0 aliphatic rings. The molecule has 0 bridgehead atoms. The molecule has 0 aliphatic carbocycles. The van der Waals surface area contributed by atoms with Gasteiger partial charge in [0.2, 0.25) is 0 Å². The standard InChI is InChI=1S/C11H13FN2O3/c1-2-14(7-10(15)16)11(17)13-9-5-3-8(12)4-6-9/h3-6H,2,7H2,1H3,(H,13,17)(H,15,16). The Bertz CT molecular complexity index is 406. The minimum Gasteiger partial charge on any atom is -0.480 e. The van der Waals surface area contributed by atoms with Crippen LogP contribution in [0.2, 0.25) is 0 Å². The molecule has 5 nitrogen and oxygen atoms in total. The zero-order valence-corrected chi connectivity index (χ0v) is 9.31. The van der Waals surface area contributed by atoms with Gasteiger partial charge in [-0.2, -0.15) is 0 Å². The van der Waals surface area contributed by atoms with Crippen molar-refractivity contribution in [1.82, 2.24) is 4.90 Å². The summed E-state index contributed by atoms with van der Waals surface area (Å²) in [5.41, 5.74) is 0.417. The number of nitrogens with zero attached hydrogens (tertiary/aromatic N) is 1. The van der Waals surface area contributed by atoms with Gasteiger partial charge in [-0.3, -0.25) is 4.79 Å². The van der Waals surface area contributed by atoms with E-state index < -0.39 is 17.8 Å². The highest BCUT2D eigenvalue weighted by Gasteiger charge is 2.14. The highest BCUT2D eigenvalue weighted by atomic mass is 19.1. The van der Waals surface area contributed by atoms with E-state index in [1.807, 2.05) is 0 Å². The van der Waals surface area contributed by atoms with Crippen LogP contribution in [0.5, 0.6) is 0 Å². The first kappa shape index (κ1) is 13.0. The Morgan fingerprint density at radius 3 is 2.41 bits per heavy atom. The second kappa shape index (κ2) is 5.83.